The van der Waals surface area contributed by atoms with Crippen LogP contribution in [0.4, 0.5) is 5.69 Å². The van der Waals surface area contributed by atoms with Crippen molar-refractivity contribution in [1.82, 2.24) is 14.9 Å². The summed E-state index contributed by atoms with van der Waals surface area (Å²) in [5.41, 5.74) is 5.87. The number of rotatable bonds is 10. The molecule has 0 aliphatic rings. The number of carbonyl (C=O) groups excluding carboxylic acids is 2. The highest BCUT2D eigenvalue weighted by Crippen LogP contribution is 2.20. The van der Waals surface area contributed by atoms with Gasteiger partial charge in [-0.3, -0.25) is 9.59 Å². The number of anilines is 1. The van der Waals surface area contributed by atoms with Crippen LogP contribution in [-0.2, 0) is 29.0 Å². The van der Waals surface area contributed by atoms with E-state index in [1.807, 2.05) is 109 Å². The number of nitrogens with zero attached hydrogens (tertiary/aromatic N) is 3. The molecule has 0 aliphatic carbocycles. The molecule has 1 N–H and O–H groups in total. The van der Waals surface area contributed by atoms with Gasteiger partial charge < -0.3 is 14.8 Å². The van der Waals surface area contributed by atoms with Gasteiger partial charge >= 0.3 is 0 Å². The van der Waals surface area contributed by atoms with Gasteiger partial charge in [0, 0.05) is 25.2 Å². The van der Waals surface area contributed by atoms with Gasteiger partial charge in [-0.15, -0.1) is 0 Å². The van der Waals surface area contributed by atoms with Gasteiger partial charge in [0.05, 0.1) is 17.5 Å². The minimum absolute atomic E-state index is 0.00362. The molecule has 0 fully saturated rings. The van der Waals surface area contributed by atoms with E-state index >= 15 is 0 Å². The maximum Gasteiger partial charge on any atom is 0.246 e. The molecule has 0 spiro atoms. The van der Waals surface area contributed by atoms with Crippen LogP contribution < -0.4 is 10.2 Å². The maximum absolute atomic E-state index is 13.3. The van der Waals surface area contributed by atoms with Crippen LogP contribution >= 0.6 is 0 Å². The Kier molecular flexibility index (Phi) is 8.12. The largest absolute Gasteiger partial charge is 0.355 e. The number of nitrogens with one attached hydrogen (secondary N) is 1. The summed E-state index contributed by atoms with van der Waals surface area (Å²) < 4.78 is 1.97. The van der Waals surface area contributed by atoms with Crippen molar-refractivity contribution < 1.29 is 9.59 Å². The third-order valence-corrected chi connectivity index (χ3v) is 6.81. The summed E-state index contributed by atoms with van der Waals surface area (Å²) in [6, 6.07) is 35.8. The van der Waals surface area contributed by atoms with Gasteiger partial charge in [0.2, 0.25) is 11.8 Å². The van der Waals surface area contributed by atoms with Crippen LogP contribution in [-0.4, -0.2) is 34.5 Å². The molecule has 6 heteroatoms. The van der Waals surface area contributed by atoms with Gasteiger partial charge in [-0.2, -0.15) is 0 Å². The van der Waals surface area contributed by atoms with Crippen LogP contribution in [0.15, 0.2) is 109 Å². The van der Waals surface area contributed by atoms with Gasteiger partial charge in [0.15, 0.2) is 0 Å². The topological polar surface area (TPSA) is 67.2 Å². The lowest BCUT2D eigenvalue weighted by Crippen LogP contribution is -2.34. The molecule has 1 aromatic heterocycles. The van der Waals surface area contributed by atoms with Crippen LogP contribution in [0.1, 0.15) is 18.3 Å². The smallest absolute Gasteiger partial charge is 0.246 e. The van der Waals surface area contributed by atoms with Gasteiger partial charge in [-0.25, -0.2) is 4.98 Å². The SMILES string of the molecule is CCN(C(=O)Cn1c(CCNC(=O)Cc2ccc(-c3ccccc3)cc2)nc2ccccc21)c1ccccc1. The van der Waals surface area contributed by atoms with Gasteiger partial charge in [0.25, 0.3) is 0 Å². The van der Waals surface area contributed by atoms with E-state index in [-0.39, 0.29) is 18.4 Å². The van der Waals surface area contributed by atoms with Crippen LogP contribution in [0, 0.1) is 0 Å². The third kappa shape index (κ3) is 6.24. The van der Waals surface area contributed by atoms with E-state index in [1.54, 1.807) is 4.90 Å². The lowest BCUT2D eigenvalue weighted by Gasteiger charge is -2.22. The van der Waals surface area contributed by atoms with E-state index in [0.29, 0.717) is 25.9 Å². The van der Waals surface area contributed by atoms with Gasteiger partial charge in [-0.1, -0.05) is 84.9 Å². The zero-order valence-corrected chi connectivity index (χ0v) is 22.1. The number of carbonyl (C=O) groups is 2. The fourth-order valence-corrected chi connectivity index (χ4v) is 4.83. The molecule has 4 aromatic carbocycles. The normalized spacial score (nSPS) is 10.9. The van der Waals surface area contributed by atoms with E-state index in [4.69, 9.17) is 4.98 Å². The average Bonchev–Trinajstić information content (AvgIpc) is 3.32. The van der Waals surface area contributed by atoms with E-state index in [0.717, 1.165) is 39.2 Å². The predicted octanol–water partition coefficient (Wildman–Crippen LogP) is 5.66. The molecule has 0 atom stereocenters. The zero-order valence-electron chi connectivity index (χ0n) is 22.1. The van der Waals surface area contributed by atoms with Gasteiger partial charge in [0.1, 0.15) is 12.4 Å². The van der Waals surface area contributed by atoms with Crippen molar-refractivity contribution in [3.05, 3.63) is 121 Å². The molecule has 0 bridgehead atoms. The van der Waals surface area contributed by atoms with E-state index in [9.17, 15) is 9.59 Å². The Hall–Kier alpha value is -4.71. The second-order valence-corrected chi connectivity index (χ2v) is 9.42. The summed E-state index contributed by atoms with van der Waals surface area (Å²) in [5.74, 6) is 0.736. The molecule has 0 aliphatic heterocycles. The molecule has 39 heavy (non-hydrogen) atoms. The first-order chi connectivity index (χ1) is 19.1. The number of hydrogen-bond donors (Lipinski definition) is 1. The van der Waals surface area contributed by atoms with Crippen LogP contribution in [0.25, 0.3) is 22.2 Å². The Bertz CT molecular complexity index is 1540. The zero-order chi connectivity index (χ0) is 27.0. The minimum atomic E-state index is -0.0394. The Labute approximate surface area is 228 Å². The maximum atomic E-state index is 13.3. The van der Waals surface area contributed by atoms with Crippen molar-refractivity contribution >= 4 is 28.5 Å². The number of fused-ring (bicyclic) bond motifs is 1. The summed E-state index contributed by atoms with van der Waals surface area (Å²) in [6.45, 7) is 3.17. The summed E-state index contributed by atoms with van der Waals surface area (Å²) in [6.07, 6.45) is 0.838. The number of likely N-dealkylation sites (N-methyl/N-ethyl adjacent to an activating group) is 1. The second-order valence-electron chi connectivity index (χ2n) is 9.42. The summed E-state index contributed by atoms with van der Waals surface area (Å²) in [4.78, 5) is 32.6. The van der Waals surface area contributed by atoms with Crippen molar-refractivity contribution in [2.45, 2.75) is 26.3 Å². The van der Waals surface area contributed by atoms with Crippen LogP contribution in [0.5, 0.6) is 0 Å². The molecule has 196 valence electrons. The first-order valence-electron chi connectivity index (χ1n) is 13.3. The monoisotopic (exact) mass is 516 g/mol. The molecule has 2 amide bonds. The van der Waals surface area contributed by atoms with E-state index in [2.05, 4.69) is 17.4 Å². The molecule has 0 radical (unpaired) electrons. The summed E-state index contributed by atoms with van der Waals surface area (Å²) in [5, 5.41) is 3.02. The number of para-hydroxylation sites is 3. The molecule has 0 saturated carbocycles. The molecule has 0 unspecified atom stereocenters. The Morgan fingerprint density at radius 3 is 2.15 bits per heavy atom. The van der Waals surface area contributed by atoms with Crippen molar-refractivity contribution in [2.75, 3.05) is 18.0 Å². The van der Waals surface area contributed by atoms with Crippen molar-refractivity contribution in [1.29, 1.82) is 0 Å². The summed E-state index contributed by atoms with van der Waals surface area (Å²) in [7, 11) is 0. The molecule has 5 aromatic rings. The van der Waals surface area contributed by atoms with Crippen molar-refractivity contribution in [3.63, 3.8) is 0 Å². The number of aromatic nitrogens is 2. The number of hydrogen-bond acceptors (Lipinski definition) is 3. The third-order valence-electron chi connectivity index (χ3n) is 6.81. The Morgan fingerprint density at radius 1 is 0.795 bits per heavy atom. The molecular formula is C33H32N4O2. The fraction of sp³-hybridized carbons (Fsp3) is 0.182. The standard InChI is InChI=1S/C33H32N4O2/c1-2-36(28-13-7-4-8-14-28)33(39)24-37-30-16-10-9-15-29(30)35-31(37)21-22-34-32(38)23-25-17-19-27(20-18-25)26-11-5-3-6-12-26/h3-20H,2,21-24H2,1H3,(H,34,38). The molecule has 5 rings (SSSR count). The lowest BCUT2D eigenvalue weighted by atomic mass is 10.0. The quantitative estimate of drug-likeness (QED) is 0.261. The average molecular weight is 517 g/mol. The number of amides is 2. The second kappa shape index (κ2) is 12.2. The molecule has 1 heterocycles. The fourth-order valence-electron chi connectivity index (χ4n) is 4.83. The lowest BCUT2D eigenvalue weighted by molar-refractivity contribution is -0.120. The molecular weight excluding hydrogens is 484 g/mol. The van der Waals surface area contributed by atoms with E-state index in [1.165, 1.54) is 0 Å². The highest BCUT2D eigenvalue weighted by molar-refractivity contribution is 5.94. The van der Waals surface area contributed by atoms with Gasteiger partial charge in [-0.05, 0) is 47.9 Å². The Morgan fingerprint density at radius 2 is 1.44 bits per heavy atom. The predicted molar refractivity (Wildman–Crippen MR) is 156 cm³/mol. The molecule has 6 nitrogen and oxygen atoms in total. The Balaban J connectivity index is 1.23. The number of benzene rings is 4. The minimum Gasteiger partial charge on any atom is -0.355 e. The van der Waals surface area contributed by atoms with Crippen LogP contribution in [0.2, 0.25) is 0 Å². The first kappa shape index (κ1) is 25.9. The first-order valence-corrected chi connectivity index (χ1v) is 13.3. The summed E-state index contributed by atoms with van der Waals surface area (Å²) >= 11 is 0. The van der Waals surface area contributed by atoms with Crippen molar-refractivity contribution in [2.24, 2.45) is 0 Å². The highest BCUT2D eigenvalue weighted by atomic mass is 16.2. The number of imidazole rings is 1. The van der Waals surface area contributed by atoms with Crippen molar-refractivity contribution in [3.8, 4) is 11.1 Å². The van der Waals surface area contributed by atoms with E-state index < -0.39 is 0 Å². The molecule has 0 saturated heterocycles. The van der Waals surface area contributed by atoms with Crippen LogP contribution in [0.3, 0.4) is 0 Å². The highest BCUT2D eigenvalue weighted by Gasteiger charge is 2.18.